The molecule has 0 radical (unpaired) electrons. The zero-order valence-corrected chi connectivity index (χ0v) is 24.2. The second-order valence-electron chi connectivity index (χ2n) is 8.32. The number of ether oxygens (including phenoxy) is 2. The van der Waals surface area contributed by atoms with Crippen molar-refractivity contribution in [3.05, 3.63) is 12.7 Å². The molecule has 18 nitrogen and oxygen atoms in total. The van der Waals surface area contributed by atoms with E-state index in [1.807, 2.05) is 13.8 Å². The van der Waals surface area contributed by atoms with Gasteiger partial charge in [-0.3, -0.25) is 9.09 Å². The number of phosphoric acid groups is 3. The van der Waals surface area contributed by atoms with E-state index in [0.717, 1.165) is 0 Å². The highest BCUT2D eigenvalue weighted by atomic mass is 33.1. The Labute approximate surface area is 224 Å². The van der Waals surface area contributed by atoms with Crippen molar-refractivity contribution in [3.63, 3.8) is 0 Å². The summed E-state index contributed by atoms with van der Waals surface area (Å²) in [4.78, 5) is 48.7. The van der Waals surface area contributed by atoms with Crippen LogP contribution in [-0.4, -0.2) is 75.1 Å². The minimum Gasteiger partial charge on any atom is -0.382 e. The van der Waals surface area contributed by atoms with E-state index in [9.17, 15) is 23.5 Å². The molecule has 1 aliphatic heterocycles. The number of hydrogen-bond acceptors (Lipinski definition) is 15. The molecule has 0 aliphatic carbocycles. The lowest BCUT2D eigenvalue weighted by atomic mass is 10.2. The van der Waals surface area contributed by atoms with Gasteiger partial charge >= 0.3 is 23.5 Å². The number of hydrogen-bond donors (Lipinski definition) is 6. The Morgan fingerprint density at radius 2 is 1.87 bits per heavy atom. The van der Waals surface area contributed by atoms with Crippen LogP contribution in [0, 0.1) is 0 Å². The fraction of sp³-hybridized carbons (Fsp3) is 0.667. The lowest BCUT2D eigenvalue weighted by Gasteiger charge is -2.23. The van der Waals surface area contributed by atoms with Gasteiger partial charge in [-0.2, -0.15) is 8.62 Å². The summed E-state index contributed by atoms with van der Waals surface area (Å²) in [6.07, 6.45) is 0.445. The Kier molecular flexibility index (Phi) is 10.5. The van der Waals surface area contributed by atoms with Gasteiger partial charge in [0, 0.05) is 17.7 Å². The van der Waals surface area contributed by atoms with Gasteiger partial charge < -0.3 is 40.5 Å². The molecule has 2 aromatic rings. The predicted octanol–water partition coefficient (Wildman–Crippen LogP) is 1.50. The molecule has 1 saturated heterocycles. The van der Waals surface area contributed by atoms with Gasteiger partial charge in [0.2, 0.25) is 0 Å². The molecule has 0 aromatic carbocycles. The van der Waals surface area contributed by atoms with E-state index in [0.29, 0.717) is 17.7 Å². The quantitative estimate of drug-likeness (QED) is 0.0738. The van der Waals surface area contributed by atoms with E-state index in [4.69, 9.17) is 35.3 Å². The number of fused-ring (bicyclic) bond motifs is 1. The van der Waals surface area contributed by atoms with E-state index < -0.39 is 48.5 Å². The third kappa shape index (κ3) is 9.19. The van der Waals surface area contributed by atoms with Crippen LogP contribution in [0.3, 0.4) is 0 Å². The molecule has 0 saturated carbocycles. The van der Waals surface area contributed by atoms with E-state index in [1.165, 1.54) is 34.2 Å². The van der Waals surface area contributed by atoms with Crippen molar-refractivity contribution >= 4 is 62.0 Å². The first kappa shape index (κ1) is 31.9. The van der Waals surface area contributed by atoms with Crippen LogP contribution in [0.1, 0.15) is 26.5 Å². The first-order valence-electron chi connectivity index (χ1n) is 10.5. The Bertz CT molecular complexity index is 1260. The van der Waals surface area contributed by atoms with Gasteiger partial charge in [-0.1, -0.05) is 21.6 Å². The van der Waals surface area contributed by atoms with E-state index in [1.54, 1.807) is 4.57 Å². The molecule has 2 aromatic heterocycles. The minimum atomic E-state index is -5.66. The first-order valence-corrected chi connectivity index (χ1v) is 17.3. The molecule has 0 bridgehead atoms. The summed E-state index contributed by atoms with van der Waals surface area (Å²) in [7, 11) is -13.7. The fourth-order valence-corrected chi connectivity index (χ4v) is 8.25. The van der Waals surface area contributed by atoms with Crippen molar-refractivity contribution in [3.8, 4) is 0 Å². The van der Waals surface area contributed by atoms with Crippen molar-refractivity contribution in [2.24, 2.45) is 5.73 Å². The fourth-order valence-electron chi connectivity index (χ4n) is 3.08. The van der Waals surface area contributed by atoms with Crippen LogP contribution in [0.15, 0.2) is 12.7 Å². The Balaban J connectivity index is 1.71. The second-order valence-corrected chi connectivity index (χ2v) is 15.7. The van der Waals surface area contributed by atoms with Gasteiger partial charge in [-0.15, -0.1) is 0 Å². The lowest BCUT2D eigenvalue weighted by molar-refractivity contribution is -0.0522. The zero-order valence-electron chi connectivity index (χ0n) is 19.9. The predicted molar refractivity (Wildman–Crippen MR) is 136 cm³/mol. The summed E-state index contributed by atoms with van der Waals surface area (Å²) in [5.41, 5.74) is 12.3. The standard InChI is InChI=1S/C15H27N6O12P3S2/c1-15(2,5-16)38-37-8-29-9-3-11(21-7-20-12-13(17)18-6-19-14(12)21)31-10(9)4-30-35(25,26)33-36(27,28)32-34(22,23)24/h6-7,9-11H,3-5,8,16H2,1-2H3,(H,25,26)(H,27,28)(H2,17,18,19)(H2,22,23,24)/t9?,10-,11-/m1/s1. The van der Waals surface area contributed by atoms with Crippen molar-refractivity contribution in [2.75, 3.05) is 24.8 Å². The Hall–Kier alpha value is -0.660. The van der Waals surface area contributed by atoms with E-state index >= 15 is 0 Å². The zero-order chi connectivity index (χ0) is 28.4. The third-order valence-electron chi connectivity index (χ3n) is 4.80. The smallest absolute Gasteiger partial charge is 0.382 e. The van der Waals surface area contributed by atoms with Crippen LogP contribution in [-0.2, 0) is 36.3 Å². The van der Waals surface area contributed by atoms with Gasteiger partial charge in [0.15, 0.2) is 11.5 Å². The Morgan fingerprint density at radius 3 is 2.53 bits per heavy atom. The molecule has 1 aliphatic rings. The summed E-state index contributed by atoms with van der Waals surface area (Å²) >= 11 is 0. The molecule has 3 unspecified atom stereocenters. The maximum absolute atomic E-state index is 12.2. The van der Waals surface area contributed by atoms with Crippen molar-refractivity contribution < 1.29 is 55.9 Å². The van der Waals surface area contributed by atoms with Crippen LogP contribution in [0.25, 0.3) is 11.2 Å². The highest BCUT2D eigenvalue weighted by Crippen LogP contribution is 2.66. The van der Waals surface area contributed by atoms with Crippen LogP contribution in [0.5, 0.6) is 0 Å². The van der Waals surface area contributed by atoms with Crippen LogP contribution in [0.4, 0.5) is 5.82 Å². The monoisotopic (exact) mass is 640 g/mol. The number of nitrogens with two attached hydrogens (primary N) is 2. The van der Waals surface area contributed by atoms with Crippen molar-refractivity contribution in [1.29, 1.82) is 0 Å². The van der Waals surface area contributed by atoms with Gasteiger partial charge in [-0.05, 0) is 13.8 Å². The molecule has 3 heterocycles. The highest BCUT2D eigenvalue weighted by molar-refractivity contribution is 8.77. The SMILES string of the molecule is CC(C)(CN)SSCOC1C[C@H](n2cnc3c(N)ncnc32)O[C@@H]1COP(=O)(O)OP(=O)(O)OP(=O)(O)O. The van der Waals surface area contributed by atoms with E-state index in [-0.39, 0.29) is 22.9 Å². The number of aromatic nitrogens is 4. The summed E-state index contributed by atoms with van der Waals surface area (Å²) in [5.74, 6) is 0.333. The molecule has 5 atom stereocenters. The number of nitrogens with zero attached hydrogens (tertiary/aromatic N) is 4. The molecule has 216 valence electrons. The van der Waals surface area contributed by atoms with Gasteiger partial charge in [0.1, 0.15) is 30.1 Å². The molecule has 0 spiro atoms. The lowest BCUT2D eigenvalue weighted by Crippen LogP contribution is -2.29. The molecular weight excluding hydrogens is 613 g/mol. The van der Waals surface area contributed by atoms with Crippen molar-refractivity contribution in [2.45, 2.75) is 43.5 Å². The topological polar surface area (TPSA) is 274 Å². The summed E-state index contributed by atoms with van der Waals surface area (Å²) in [5, 5.41) is 0. The van der Waals surface area contributed by atoms with E-state index in [2.05, 4.69) is 23.6 Å². The largest absolute Gasteiger partial charge is 0.490 e. The maximum Gasteiger partial charge on any atom is 0.490 e. The molecule has 0 amide bonds. The molecule has 3 rings (SSSR count). The normalized spacial score (nSPS) is 23.9. The Morgan fingerprint density at radius 1 is 1.16 bits per heavy atom. The van der Waals surface area contributed by atoms with Crippen LogP contribution < -0.4 is 11.5 Å². The van der Waals surface area contributed by atoms with Gasteiger partial charge in [0.25, 0.3) is 0 Å². The number of nitrogen functional groups attached to an aromatic ring is 1. The number of phosphoric ester groups is 1. The number of imidazole rings is 1. The molecular formula is C15H27N6O12P3S2. The van der Waals surface area contributed by atoms with Crippen LogP contribution in [0.2, 0.25) is 0 Å². The molecule has 8 N–H and O–H groups in total. The van der Waals surface area contributed by atoms with Gasteiger partial charge in [0.05, 0.1) is 19.0 Å². The average Bonchev–Trinajstić information content (AvgIpc) is 3.37. The molecule has 38 heavy (non-hydrogen) atoms. The van der Waals surface area contributed by atoms with Crippen molar-refractivity contribution in [1.82, 2.24) is 19.5 Å². The second kappa shape index (κ2) is 12.5. The van der Waals surface area contributed by atoms with Crippen LogP contribution >= 0.6 is 45.1 Å². The molecule has 1 fully saturated rings. The maximum atomic E-state index is 12.2. The highest BCUT2D eigenvalue weighted by Gasteiger charge is 2.43. The number of anilines is 1. The summed E-state index contributed by atoms with van der Waals surface area (Å²) in [6, 6.07) is 0. The number of rotatable bonds is 14. The minimum absolute atomic E-state index is 0.152. The average molecular weight is 640 g/mol. The first-order chi connectivity index (χ1) is 17.5. The summed E-state index contributed by atoms with van der Waals surface area (Å²) in [6.45, 7) is 3.67. The molecule has 23 heteroatoms. The third-order valence-corrected chi connectivity index (χ3v) is 11.6. The summed E-state index contributed by atoms with van der Waals surface area (Å²) < 4.78 is 60.1. The van der Waals surface area contributed by atoms with Gasteiger partial charge in [-0.25, -0.2) is 28.6 Å².